The Hall–Kier alpha value is -4.50. The third-order valence-corrected chi connectivity index (χ3v) is 5.03. The first-order chi connectivity index (χ1) is 16.0. The number of nitrogens with one attached hydrogen (secondary N) is 1. The van der Waals surface area contributed by atoms with Crippen LogP contribution in [-0.4, -0.2) is 5.91 Å². The van der Waals surface area contributed by atoms with Gasteiger partial charge >= 0.3 is 0 Å². The van der Waals surface area contributed by atoms with Crippen LogP contribution < -0.4 is 10.1 Å². The molecule has 0 aromatic heterocycles. The lowest BCUT2D eigenvalue weighted by Crippen LogP contribution is -2.13. The largest absolute Gasteiger partial charge is 0.488 e. The molecule has 6 heteroatoms. The molecule has 4 aromatic carbocycles. The molecule has 0 aliphatic heterocycles. The number of ether oxygens (including phenoxy) is 1. The van der Waals surface area contributed by atoms with E-state index < -0.39 is 11.7 Å². The first kappa shape index (κ1) is 21.7. The highest BCUT2D eigenvalue weighted by Gasteiger charge is 2.14. The highest BCUT2D eigenvalue weighted by molar-refractivity contribution is 6.11. The zero-order valence-electron chi connectivity index (χ0n) is 17.4. The quantitative estimate of drug-likeness (QED) is 0.285. The van der Waals surface area contributed by atoms with Gasteiger partial charge in [-0.05, 0) is 53.2 Å². The van der Waals surface area contributed by atoms with Crippen LogP contribution >= 0.6 is 0 Å². The second kappa shape index (κ2) is 9.75. The van der Waals surface area contributed by atoms with Crippen LogP contribution in [0.3, 0.4) is 0 Å². The van der Waals surface area contributed by atoms with Crippen LogP contribution in [0.25, 0.3) is 16.8 Å². The molecular formula is C27H18F2N2O2. The fraction of sp³-hybridized carbons (Fsp3) is 0.0370. The number of benzene rings is 4. The number of nitrogens with zero attached hydrogens (tertiary/aromatic N) is 1. The van der Waals surface area contributed by atoms with Crippen molar-refractivity contribution >= 4 is 28.4 Å². The SMILES string of the molecule is N#C/C(=C\c1c(OCc2ccccc2F)ccc2ccccc12)C(=O)Nc1ccc(F)cc1. The van der Waals surface area contributed by atoms with E-state index in [2.05, 4.69) is 5.32 Å². The van der Waals surface area contributed by atoms with Crippen molar-refractivity contribution in [2.45, 2.75) is 6.61 Å². The number of carbonyl (C=O) groups is 1. The Morgan fingerprint density at radius 3 is 2.42 bits per heavy atom. The molecule has 4 rings (SSSR count). The molecule has 4 aromatic rings. The van der Waals surface area contributed by atoms with Gasteiger partial charge < -0.3 is 10.1 Å². The molecule has 0 aliphatic carbocycles. The number of nitriles is 1. The van der Waals surface area contributed by atoms with E-state index in [0.717, 1.165) is 10.8 Å². The Kier molecular flexibility index (Phi) is 6.42. The summed E-state index contributed by atoms with van der Waals surface area (Å²) in [7, 11) is 0. The molecule has 0 saturated heterocycles. The van der Waals surface area contributed by atoms with E-state index in [1.807, 2.05) is 36.4 Å². The van der Waals surface area contributed by atoms with Crippen molar-refractivity contribution in [2.75, 3.05) is 5.32 Å². The molecule has 0 unspecified atom stereocenters. The Morgan fingerprint density at radius 1 is 0.939 bits per heavy atom. The normalized spacial score (nSPS) is 11.1. The van der Waals surface area contributed by atoms with Gasteiger partial charge in [0.1, 0.15) is 35.6 Å². The van der Waals surface area contributed by atoms with Gasteiger partial charge in [-0.25, -0.2) is 8.78 Å². The third-order valence-electron chi connectivity index (χ3n) is 5.03. The lowest BCUT2D eigenvalue weighted by Gasteiger charge is -2.13. The molecule has 0 heterocycles. The van der Waals surface area contributed by atoms with E-state index in [1.165, 1.54) is 36.4 Å². The molecule has 0 atom stereocenters. The Balaban J connectivity index is 1.70. The fourth-order valence-electron chi connectivity index (χ4n) is 3.35. The monoisotopic (exact) mass is 440 g/mol. The zero-order chi connectivity index (χ0) is 23.2. The first-order valence-electron chi connectivity index (χ1n) is 10.1. The van der Waals surface area contributed by atoms with Crippen LogP contribution in [0.2, 0.25) is 0 Å². The number of fused-ring (bicyclic) bond motifs is 1. The fourth-order valence-corrected chi connectivity index (χ4v) is 3.35. The predicted octanol–water partition coefficient (Wildman–Crippen LogP) is 6.24. The number of hydrogen-bond acceptors (Lipinski definition) is 3. The van der Waals surface area contributed by atoms with Crippen LogP contribution in [0.5, 0.6) is 5.75 Å². The highest BCUT2D eigenvalue weighted by atomic mass is 19.1. The maximum Gasteiger partial charge on any atom is 0.266 e. The van der Waals surface area contributed by atoms with E-state index in [1.54, 1.807) is 24.3 Å². The molecule has 162 valence electrons. The number of rotatable bonds is 6. The molecule has 0 fully saturated rings. The highest BCUT2D eigenvalue weighted by Crippen LogP contribution is 2.31. The molecule has 0 radical (unpaired) electrons. The number of carbonyl (C=O) groups excluding carboxylic acids is 1. The summed E-state index contributed by atoms with van der Waals surface area (Å²) in [6, 6.07) is 24.5. The van der Waals surface area contributed by atoms with Crippen LogP contribution in [0.4, 0.5) is 14.5 Å². The second-order valence-corrected chi connectivity index (χ2v) is 7.21. The van der Waals surface area contributed by atoms with Crippen LogP contribution in [0.1, 0.15) is 11.1 Å². The topological polar surface area (TPSA) is 62.1 Å². The van der Waals surface area contributed by atoms with Crippen LogP contribution in [-0.2, 0) is 11.4 Å². The minimum Gasteiger partial charge on any atom is -0.488 e. The van der Waals surface area contributed by atoms with Gasteiger partial charge in [0, 0.05) is 16.8 Å². The maximum absolute atomic E-state index is 14.0. The molecule has 0 saturated carbocycles. The second-order valence-electron chi connectivity index (χ2n) is 7.21. The van der Waals surface area contributed by atoms with Crippen molar-refractivity contribution in [1.29, 1.82) is 5.26 Å². The van der Waals surface area contributed by atoms with E-state index in [0.29, 0.717) is 22.6 Å². The summed E-state index contributed by atoms with van der Waals surface area (Å²) in [5.74, 6) is -1.06. The van der Waals surface area contributed by atoms with Gasteiger partial charge in [-0.3, -0.25) is 4.79 Å². The van der Waals surface area contributed by atoms with Crippen LogP contribution in [0, 0.1) is 23.0 Å². The summed E-state index contributed by atoms with van der Waals surface area (Å²) >= 11 is 0. The third kappa shape index (κ3) is 5.05. The summed E-state index contributed by atoms with van der Waals surface area (Å²) in [6.45, 7) is -0.0183. The predicted molar refractivity (Wildman–Crippen MR) is 123 cm³/mol. The number of halogens is 2. The van der Waals surface area contributed by atoms with Gasteiger partial charge in [-0.15, -0.1) is 0 Å². The summed E-state index contributed by atoms with van der Waals surface area (Å²) < 4.78 is 33.1. The van der Waals surface area contributed by atoms with Crippen molar-refractivity contribution in [3.8, 4) is 11.8 Å². The van der Waals surface area contributed by atoms with Crippen molar-refractivity contribution in [3.05, 3.63) is 113 Å². The Bertz CT molecular complexity index is 1390. The van der Waals surface area contributed by atoms with Gasteiger partial charge in [0.15, 0.2) is 0 Å². The molecule has 4 nitrogen and oxygen atoms in total. The molecule has 1 amide bonds. The standard InChI is InChI=1S/C27H18F2N2O2/c28-21-10-12-22(13-11-21)31-27(32)20(16-30)15-24-23-7-3-1-5-18(23)9-14-26(24)33-17-19-6-2-4-8-25(19)29/h1-15H,17H2,(H,31,32)/b20-15+. The van der Waals surface area contributed by atoms with Gasteiger partial charge in [0.05, 0.1) is 0 Å². The summed E-state index contributed by atoms with van der Waals surface area (Å²) in [5.41, 5.74) is 1.10. The zero-order valence-corrected chi connectivity index (χ0v) is 17.4. The molecular weight excluding hydrogens is 422 g/mol. The van der Waals surface area contributed by atoms with Crippen molar-refractivity contribution < 1.29 is 18.3 Å². The molecule has 0 aliphatic rings. The molecule has 1 N–H and O–H groups in total. The number of amides is 1. The average molecular weight is 440 g/mol. The minimum atomic E-state index is -0.642. The lowest BCUT2D eigenvalue weighted by atomic mass is 10.0. The summed E-state index contributed by atoms with van der Waals surface area (Å²) in [4.78, 5) is 12.7. The van der Waals surface area contributed by atoms with E-state index in [4.69, 9.17) is 4.74 Å². The summed E-state index contributed by atoms with van der Waals surface area (Å²) in [5, 5.41) is 13.9. The number of hydrogen-bond donors (Lipinski definition) is 1. The average Bonchev–Trinajstić information content (AvgIpc) is 2.83. The van der Waals surface area contributed by atoms with Crippen molar-refractivity contribution in [3.63, 3.8) is 0 Å². The number of anilines is 1. The molecule has 33 heavy (non-hydrogen) atoms. The van der Waals surface area contributed by atoms with Gasteiger partial charge in [-0.1, -0.05) is 48.5 Å². The molecule has 0 spiro atoms. The van der Waals surface area contributed by atoms with Gasteiger partial charge in [0.2, 0.25) is 0 Å². The van der Waals surface area contributed by atoms with E-state index >= 15 is 0 Å². The van der Waals surface area contributed by atoms with E-state index in [-0.39, 0.29) is 18.0 Å². The lowest BCUT2D eigenvalue weighted by molar-refractivity contribution is -0.112. The summed E-state index contributed by atoms with van der Waals surface area (Å²) in [6.07, 6.45) is 1.44. The Labute approximate surface area is 189 Å². The Morgan fingerprint density at radius 2 is 1.67 bits per heavy atom. The van der Waals surface area contributed by atoms with Crippen LogP contribution in [0.15, 0.2) is 90.5 Å². The van der Waals surface area contributed by atoms with Crippen molar-refractivity contribution in [1.82, 2.24) is 0 Å². The van der Waals surface area contributed by atoms with E-state index in [9.17, 15) is 18.8 Å². The van der Waals surface area contributed by atoms with Gasteiger partial charge in [-0.2, -0.15) is 5.26 Å². The maximum atomic E-state index is 14.0. The minimum absolute atomic E-state index is 0.0183. The van der Waals surface area contributed by atoms with Crippen molar-refractivity contribution in [2.24, 2.45) is 0 Å². The smallest absolute Gasteiger partial charge is 0.266 e. The first-order valence-corrected chi connectivity index (χ1v) is 10.1. The van der Waals surface area contributed by atoms with Gasteiger partial charge in [0.25, 0.3) is 5.91 Å². The molecule has 0 bridgehead atoms.